The summed E-state index contributed by atoms with van der Waals surface area (Å²) in [6.45, 7) is 9.70. The van der Waals surface area contributed by atoms with Crippen molar-refractivity contribution >= 4 is 23.0 Å². The molecular formula is C25H31NO4S. The van der Waals surface area contributed by atoms with Gasteiger partial charge in [0.1, 0.15) is 11.3 Å². The zero-order valence-electron chi connectivity index (χ0n) is 18.8. The lowest BCUT2D eigenvalue weighted by atomic mass is 10.0. The highest BCUT2D eigenvalue weighted by molar-refractivity contribution is 8.14. The molecule has 0 spiro atoms. The fraction of sp³-hybridized carbons (Fsp3) is 0.440. The van der Waals surface area contributed by atoms with Crippen LogP contribution in [-0.2, 0) is 9.47 Å². The minimum Gasteiger partial charge on any atom is -0.444 e. The van der Waals surface area contributed by atoms with E-state index in [1.807, 2.05) is 95.3 Å². The molecule has 6 heteroatoms. The number of thioether (sulfide) groups is 1. The van der Waals surface area contributed by atoms with E-state index in [2.05, 4.69) is 0 Å². The first-order valence-corrected chi connectivity index (χ1v) is 11.4. The van der Waals surface area contributed by atoms with Gasteiger partial charge >= 0.3 is 6.09 Å². The molecule has 1 aliphatic rings. The van der Waals surface area contributed by atoms with Crippen LogP contribution in [0.4, 0.5) is 4.79 Å². The van der Waals surface area contributed by atoms with E-state index in [9.17, 15) is 9.59 Å². The average Bonchev–Trinajstić information content (AvgIpc) is 3.01. The average molecular weight is 442 g/mol. The summed E-state index contributed by atoms with van der Waals surface area (Å²) in [4.78, 5) is 27.6. The van der Waals surface area contributed by atoms with E-state index in [4.69, 9.17) is 9.47 Å². The van der Waals surface area contributed by atoms with Crippen LogP contribution in [0, 0.1) is 0 Å². The molecule has 2 aromatic rings. The van der Waals surface area contributed by atoms with Crippen LogP contribution in [0.1, 0.15) is 62.2 Å². The van der Waals surface area contributed by atoms with Crippen molar-refractivity contribution in [1.82, 2.24) is 4.90 Å². The van der Waals surface area contributed by atoms with Gasteiger partial charge in [0.05, 0.1) is 12.6 Å². The van der Waals surface area contributed by atoms with Gasteiger partial charge in [-0.1, -0.05) is 72.4 Å². The molecule has 1 saturated heterocycles. The standard InChI is InChI=1S/C25H31NO4S/c1-24(2,3)30-23(28)26-20(17-29-25(26,4)5)16-21(18-12-8-6-9-13-18)31-22(27)19-14-10-7-11-15-19/h6-15,20-21H,16-17H2,1-5H3/t20-,21+/m1/s1. The van der Waals surface area contributed by atoms with E-state index < -0.39 is 17.4 Å². The number of hydrogen-bond donors (Lipinski definition) is 0. The lowest BCUT2D eigenvalue weighted by Gasteiger charge is -2.36. The van der Waals surface area contributed by atoms with Gasteiger partial charge in [0.15, 0.2) is 0 Å². The molecular weight excluding hydrogens is 410 g/mol. The highest BCUT2D eigenvalue weighted by Crippen LogP contribution is 2.40. The number of amides is 1. The predicted molar refractivity (Wildman–Crippen MR) is 124 cm³/mol. The molecule has 0 saturated carbocycles. The Morgan fingerprint density at radius 3 is 2.26 bits per heavy atom. The second-order valence-corrected chi connectivity index (χ2v) is 10.3. The molecule has 0 aliphatic carbocycles. The minimum absolute atomic E-state index is 0.0106. The molecule has 0 radical (unpaired) electrons. The van der Waals surface area contributed by atoms with Gasteiger partial charge in [-0.3, -0.25) is 9.69 Å². The van der Waals surface area contributed by atoms with Crippen LogP contribution in [0.5, 0.6) is 0 Å². The summed E-state index contributed by atoms with van der Waals surface area (Å²) in [7, 11) is 0. The topological polar surface area (TPSA) is 55.8 Å². The quantitative estimate of drug-likeness (QED) is 0.564. The summed E-state index contributed by atoms with van der Waals surface area (Å²) in [5.41, 5.74) is 0.338. The molecule has 1 amide bonds. The number of ether oxygens (including phenoxy) is 2. The van der Waals surface area contributed by atoms with Crippen LogP contribution in [0.3, 0.4) is 0 Å². The van der Waals surface area contributed by atoms with Crippen molar-refractivity contribution in [3.63, 3.8) is 0 Å². The Balaban J connectivity index is 1.84. The highest BCUT2D eigenvalue weighted by Gasteiger charge is 2.46. The molecule has 1 aliphatic heterocycles. The normalized spacial score (nSPS) is 19.1. The zero-order chi connectivity index (χ0) is 22.6. The molecule has 5 nitrogen and oxygen atoms in total. The Morgan fingerprint density at radius 2 is 1.68 bits per heavy atom. The van der Waals surface area contributed by atoms with Gasteiger partial charge in [0.2, 0.25) is 5.12 Å². The van der Waals surface area contributed by atoms with Crippen molar-refractivity contribution in [1.29, 1.82) is 0 Å². The van der Waals surface area contributed by atoms with Crippen LogP contribution in [0.25, 0.3) is 0 Å². The fourth-order valence-corrected chi connectivity index (χ4v) is 4.82. The minimum atomic E-state index is -0.775. The maximum absolute atomic E-state index is 13.0. The fourth-order valence-electron chi connectivity index (χ4n) is 3.68. The van der Waals surface area contributed by atoms with E-state index in [1.165, 1.54) is 11.8 Å². The molecule has 3 rings (SSSR count). The van der Waals surface area contributed by atoms with E-state index in [1.54, 1.807) is 4.90 Å². The van der Waals surface area contributed by atoms with Crippen molar-refractivity contribution in [2.45, 2.75) is 63.7 Å². The van der Waals surface area contributed by atoms with E-state index >= 15 is 0 Å². The van der Waals surface area contributed by atoms with Gasteiger partial charge in [-0.2, -0.15) is 0 Å². The Kier molecular flexibility index (Phi) is 7.12. The molecule has 0 bridgehead atoms. The first kappa shape index (κ1) is 23.4. The van der Waals surface area contributed by atoms with Crippen molar-refractivity contribution in [3.05, 3.63) is 71.8 Å². The Labute approximate surface area is 189 Å². The van der Waals surface area contributed by atoms with E-state index in [-0.39, 0.29) is 16.4 Å². The molecule has 2 aromatic carbocycles. The summed E-state index contributed by atoms with van der Waals surface area (Å²) in [6, 6.07) is 19.0. The molecule has 1 heterocycles. The van der Waals surface area contributed by atoms with Crippen molar-refractivity contribution < 1.29 is 19.1 Å². The number of rotatable bonds is 5. The second-order valence-electron chi connectivity index (χ2n) is 9.17. The number of hydrogen-bond acceptors (Lipinski definition) is 5. The van der Waals surface area contributed by atoms with E-state index in [0.717, 1.165) is 5.56 Å². The van der Waals surface area contributed by atoms with Crippen LogP contribution in [0.2, 0.25) is 0 Å². The summed E-state index contributed by atoms with van der Waals surface area (Å²) >= 11 is 1.29. The van der Waals surface area contributed by atoms with Crippen LogP contribution in [0.15, 0.2) is 60.7 Å². The largest absolute Gasteiger partial charge is 0.444 e. The SMILES string of the molecule is CC(C)(C)OC(=O)N1[C@H](C[C@H](SC(=O)c2ccccc2)c2ccccc2)COC1(C)C. The lowest BCUT2D eigenvalue weighted by molar-refractivity contribution is -0.0626. The molecule has 2 atom stereocenters. The summed E-state index contributed by atoms with van der Waals surface area (Å²) in [5.74, 6) is 0. The third-order valence-electron chi connectivity index (χ3n) is 5.08. The summed E-state index contributed by atoms with van der Waals surface area (Å²) in [5, 5.41) is -0.113. The third-order valence-corrected chi connectivity index (χ3v) is 6.28. The second kappa shape index (κ2) is 9.45. The van der Waals surface area contributed by atoms with Crippen molar-refractivity contribution in [2.75, 3.05) is 6.61 Å². The van der Waals surface area contributed by atoms with Crippen molar-refractivity contribution in [2.24, 2.45) is 0 Å². The monoisotopic (exact) mass is 441 g/mol. The number of benzene rings is 2. The Morgan fingerprint density at radius 1 is 1.10 bits per heavy atom. The maximum Gasteiger partial charge on any atom is 0.412 e. The van der Waals surface area contributed by atoms with Gasteiger partial charge < -0.3 is 9.47 Å². The highest BCUT2D eigenvalue weighted by atomic mass is 32.2. The Hall–Kier alpha value is -2.31. The van der Waals surface area contributed by atoms with Crippen molar-refractivity contribution in [3.8, 4) is 0 Å². The third kappa shape index (κ3) is 6.11. The van der Waals surface area contributed by atoms with Gasteiger partial charge in [0.25, 0.3) is 0 Å². The zero-order valence-corrected chi connectivity index (χ0v) is 19.6. The maximum atomic E-state index is 13.0. The smallest absolute Gasteiger partial charge is 0.412 e. The molecule has 166 valence electrons. The summed E-state index contributed by atoms with van der Waals surface area (Å²) in [6.07, 6.45) is 0.182. The van der Waals surface area contributed by atoms with Crippen LogP contribution >= 0.6 is 11.8 Å². The predicted octanol–water partition coefficient (Wildman–Crippen LogP) is 6.06. The van der Waals surface area contributed by atoms with Gasteiger partial charge in [-0.15, -0.1) is 0 Å². The number of carbonyl (C=O) groups is 2. The number of carbonyl (C=O) groups excluding carboxylic acids is 2. The van der Waals surface area contributed by atoms with Gasteiger partial charge in [0, 0.05) is 10.8 Å². The first-order chi connectivity index (χ1) is 14.6. The van der Waals surface area contributed by atoms with E-state index in [0.29, 0.717) is 18.6 Å². The summed E-state index contributed by atoms with van der Waals surface area (Å²) < 4.78 is 11.6. The molecule has 0 unspecified atom stereocenters. The Bertz CT molecular complexity index is 893. The molecule has 31 heavy (non-hydrogen) atoms. The molecule has 1 fully saturated rings. The van der Waals surface area contributed by atoms with Crippen LogP contribution < -0.4 is 0 Å². The molecule has 0 N–H and O–H groups in total. The molecule has 0 aromatic heterocycles. The lowest BCUT2D eigenvalue weighted by Crippen LogP contribution is -2.50. The number of nitrogens with zero attached hydrogens (tertiary/aromatic N) is 1. The van der Waals surface area contributed by atoms with Gasteiger partial charge in [-0.25, -0.2) is 4.79 Å². The van der Waals surface area contributed by atoms with Gasteiger partial charge in [-0.05, 0) is 46.6 Å². The first-order valence-electron chi connectivity index (χ1n) is 10.5. The van der Waals surface area contributed by atoms with Crippen LogP contribution in [-0.4, -0.2) is 40.1 Å².